The Kier molecular flexibility index (Phi) is 3.74. The van der Waals surface area contributed by atoms with Gasteiger partial charge >= 0.3 is 0 Å². The molecular formula is C13H15N3O2. The molecule has 0 saturated carbocycles. The van der Waals surface area contributed by atoms with Crippen molar-refractivity contribution in [3.63, 3.8) is 0 Å². The molecule has 0 saturated heterocycles. The second kappa shape index (κ2) is 5.46. The Labute approximate surface area is 105 Å². The number of hydrogen-bond acceptors (Lipinski definition) is 3. The third-order valence-corrected chi connectivity index (χ3v) is 2.56. The Hall–Kier alpha value is -2.14. The number of amides is 1. The molecule has 5 nitrogen and oxygen atoms in total. The molecule has 2 N–H and O–H groups in total. The standard InChI is InChI=1S/C13H15N3O2/c1-10-12(13(18)14-7-8-17)9-16(15-10)11-5-3-2-4-6-11/h2-6,9,17H,7-8H2,1H3,(H,14,18). The Bertz CT molecular complexity index is 534. The molecule has 0 aliphatic heterocycles. The number of aliphatic hydroxyl groups excluding tert-OH is 1. The number of nitrogens with one attached hydrogen (secondary N) is 1. The van der Waals surface area contributed by atoms with E-state index in [2.05, 4.69) is 10.4 Å². The lowest BCUT2D eigenvalue weighted by Gasteiger charge is -2.00. The first-order valence-electron chi connectivity index (χ1n) is 5.73. The Morgan fingerprint density at radius 1 is 1.39 bits per heavy atom. The minimum Gasteiger partial charge on any atom is -0.395 e. The number of nitrogens with zero attached hydrogens (tertiary/aromatic N) is 2. The highest BCUT2D eigenvalue weighted by Crippen LogP contribution is 2.11. The average molecular weight is 245 g/mol. The molecule has 18 heavy (non-hydrogen) atoms. The number of para-hydroxylation sites is 1. The number of benzene rings is 1. The number of rotatable bonds is 4. The molecule has 0 atom stereocenters. The molecule has 2 rings (SSSR count). The highest BCUT2D eigenvalue weighted by Gasteiger charge is 2.13. The summed E-state index contributed by atoms with van der Waals surface area (Å²) in [6, 6.07) is 9.59. The van der Waals surface area contributed by atoms with E-state index in [0.717, 1.165) is 5.69 Å². The van der Waals surface area contributed by atoms with Crippen LogP contribution in [0.5, 0.6) is 0 Å². The predicted molar refractivity (Wildman–Crippen MR) is 67.7 cm³/mol. The molecular weight excluding hydrogens is 230 g/mol. The van der Waals surface area contributed by atoms with Gasteiger partial charge in [-0.25, -0.2) is 4.68 Å². The highest BCUT2D eigenvalue weighted by molar-refractivity contribution is 5.95. The second-order valence-corrected chi connectivity index (χ2v) is 3.89. The second-order valence-electron chi connectivity index (χ2n) is 3.89. The van der Waals surface area contributed by atoms with E-state index in [9.17, 15) is 4.79 Å². The Morgan fingerprint density at radius 3 is 2.78 bits per heavy atom. The van der Waals surface area contributed by atoms with Gasteiger partial charge in [0.05, 0.1) is 23.6 Å². The van der Waals surface area contributed by atoms with Crippen molar-refractivity contribution >= 4 is 5.91 Å². The van der Waals surface area contributed by atoms with Gasteiger partial charge in [-0.1, -0.05) is 18.2 Å². The molecule has 1 amide bonds. The maximum Gasteiger partial charge on any atom is 0.254 e. The van der Waals surface area contributed by atoms with Gasteiger partial charge in [0.2, 0.25) is 0 Å². The third kappa shape index (κ3) is 2.57. The van der Waals surface area contributed by atoms with E-state index in [4.69, 9.17) is 5.11 Å². The topological polar surface area (TPSA) is 67.2 Å². The van der Waals surface area contributed by atoms with E-state index >= 15 is 0 Å². The van der Waals surface area contributed by atoms with Gasteiger partial charge in [0.15, 0.2) is 0 Å². The van der Waals surface area contributed by atoms with Crippen LogP contribution in [0.2, 0.25) is 0 Å². The summed E-state index contributed by atoms with van der Waals surface area (Å²) in [4.78, 5) is 11.8. The molecule has 0 fully saturated rings. The fraction of sp³-hybridized carbons (Fsp3) is 0.231. The van der Waals surface area contributed by atoms with Gasteiger partial charge in [-0.2, -0.15) is 5.10 Å². The first kappa shape index (κ1) is 12.3. The molecule has 1 heterocycles. The molecule has 94 valence electrons. The minimum atomic E-state index is -0.219. The summed E-state index contributed by atoms with van der Waals surface area (Å²) in [6.07, 6.45) is 1.69. The first-order valence-corrected chi connectivity index (χ1v) is 5.73. The van der Waals surface area contributed by atoms with Gasteiger partial charge in [0, 0.05) is 12.7 Å². The van der Waals surface area contributed by atoms with Gasteiger partial charge in [-0.3, -0.25) is 4.79 Å². The average Bonchev–Trinajstić information content (AvgIpc) is 2.79. The third-order valence-electron chi connectivity index (χ3n) is 2.56. The van der Waals surface area contributed by atoms with Crippen LogP contribution in [0.4, 0.5) is 0 Å². The van der Waals surface area contributed by atoms with Crippen LogP contribution in [0.25, 0.3) is 5.69 Å². The summed E-state index contributed by atoms with van der Waals surface area (Å²) in [5.41, 5.74) is 2.09. The van der Waals surface area contributed by atoms with Crippen molar-refractivity contribution in [2.75, 3.05) is 13.2 Å². The first-order chi connectivity index (χ1) is 8.72. The van der Waals surface area contributed by atoms with E-state index in [1.54, 1.807) is 17.8 Å². The number of aromatic nitrogens is 2. The van der Waals surface area contributed by atoms with Crippen LogP contribution >= 0.6 is 0 Å². The number of hydrogen-bond donors (Lipinski definition) is 2. The zero-order valence-electron chi connectivity index (χ0n) is 10.1. The van der Waals surface area contributed by atoms with Crippen molar-refractivity contribution in [2.45, 2.75) is 6.92 Å². The number of carbonyl (C=O) groups is 1. The molecule has 0 radical (unpaired) electrons. The van der Waals surface area contributed by atoms with E-state index in [-0.39, 0.29) is 19.1 Å². The SMILES string of the molecule is Cc1nn(-c2ccccc2)cc1C(=O)NCCO. The highest BCUT2D eigenvalue weighted by atomic mass is 16.3. The zero-order valence-corrected chi connectivity index (χ0v) is 10.1. The van der Waals surface area contributed by atoms with Crippen LogP contribution in [-0.4, -0.2) is 33.9 Å². The summed E-state index contributed by atoms with van der Waals surface area (Å²) < 4.78 is 1.67. The van der Waals surface area contributed by atoms with Crippen molar-refractivity contribution in [3.05, 3.63) is 47.8 Å². The van der Waals surface area contributed by atoms with Crippen molar-refractivity contribution in [1.82, 2.24) is 15.1 Å². The fourth-order valence-electron chi connectivity index (χ4n) is 1.66. The Morgan fingerprint density at radius 2 is 2.11 bits per heavy atom. The lowest BCUT2D eigenvalue weighted by molar-refractivity contribution is 0.0944. The minimum absolute atomic E-state index is 0.0718. The molecule has 5 heteroatoms. The number of aryl methyl sites for hydroxylation is 1. The van der Waals surface area contributed by atoms with Crippen LogP contribution in [0.1, 0.15) is 16.1 Å². The molecule has 2 aromatic rings. The van der Waals surface area contributed by atoms with E-state index in [1.165, 1.54) is 0 Å². The summed E-state index contributed by atoms with van der Waals surface area (Å²) in [7, 11) is 0. The largest absolute Gasteiger partial charge is 0.395 e. The lowest BCUT2D eigenvalue weighted by Crippen LogP contribution is -2.26. The molecule has 1 aromatic heterocycles. The summed E-state index contributed by atoms with van der Waals surface area (Å²) >= 11 is 0. The normalized spacial score (nSPS) is 10.3. The van der Waals surface area contributed by atoms with E-state index in [0.29, 0.717) is 11.3 Å². The van der Waals surface area contributed by atoms with Gasteiger partial charge in [-0.05, 0) is 19.1 Å². The van der Waals surface area contributed by atoms with Crippen LogP contribution < -0.4 is 5.32 Å². The maximum atomic E-state index is 11.8. The van der Waals surface area contributed by atoms with Crippen LogP contribution in [0, 0.1) is 6.92 Å². The number of carbonyl (C=O) groups excluding carboxylic acids is 1. The predicted octanol–water partition coefficient (Wildman–Crippen LogP) is 0.903. The monoisotopic (exact) mass is 245 g/mol. The maximum absolute atomic E-state index is 11.8. The molecule has 0 bridgehead atoms. The van der Waals surface area contributed by atoms with Crippen molar-refractivity contribution in [1.29, 1.82) is 0 Å². The quantitative estimate of drug-likeness (QED) is 0.841. The van der Waals surface area contributed by atoms with Gasteiger partial charge in [0.25, 0.3) is 5.91 Å². The molecule has 1 aromatic carbocycles. The van der Waals surface area contributed by atoms with Gasteiger partial charge in [-0.15, -0.1) is 0 Å². The van der Waals surface area contributed by atoms with Crippen LogP contribution in [0.3, 0.4) is 0 Å². The van der Waals surface area contributed by atoms with Crippen LogP contribution in [-0.2, 0) is 0 Å². The molecule has 0 unspecified atom stereocenters. The summed E-state index contributed by atoms with van der Waals surface area (Å²) in [6.45, 7) is 1.96. The summed E-state index contributed by atoms with van der Waals surface area (Å²) in [5, 5.41) is 15.6. The Balaban J connectivity index is 2.25. The van der Waals surface area contributed by atoms with Gasteiger partial charge < -0.3 is 10.4 Å². The van der Waals surface area contributed by atoms with Crippen molar-refractivity contribution in [3.8, 4) is 5.69 Å². The van der Waals surface area contributed by atoms with E-state index < -0.39 is 0 Å². The number of aliphatic hydroxyl groups is 1. The molecule has 0 aliphatic carbocycles. The summed E-state index contributed by atoms with van der Waals surface area (Å²) in [5.74, 6) is -0.219. The van der Waals surface area contributed by atoms with Crippen LogP contribution in [0.15, 0.2) is 36.5 Å². The molecule has 0 aliphatic rings. The van der Waals surface area contributed by atoms with E-state index in [1.807, 2.05) is 30.3 Å². The van der Waals surface area contributed by atoms with Gasteiger partial charge in [0.1, 0.15) is 0 Å². The van der Waals surface area contributed by atoms with Crippen molar-refractivity contribution in [2.24, 2.45) is 0 Å². The smallest absolute Gasteiger partial charge is 0.254 e. The molecule has 0 spiro atoms. The fourth-order valence-corrected chi connectivity index (χ4v) is 1.66. The zero-order chi connectivity index (χ0) is 13.0. The van der Waals surface area contributed by atoms with Crippen molar-refractivity contribution < 1.29 is 9.90 Å². The lowest BCUT2D eigenvalue weighted by atomic mass is 10.2.